The van der Waals surface area contributed by atoms with E-state index in [0.717, 1.165) is 16.7 Å². The lowest BCUT2D eigenvalue weighted by molar-refractivity contribution is -0.384. The van der Waals surface area contributed by atoms with Crippen LogP contribution in [0.5, 0.6) is 0 Å². The smallest absolute Gasteiger partial charge is 0.360 e. The number of nitro benzene ring substituents is 1. The fourth-order valence-corrected chi connectivity index (χ4v) is 5.56. The van der Waals surface area contributed by atoms with Crippen molar-refractivity contribution in [2.24, 2.45) is 5.16 Å². The number of carbonyl (C=O) groups is 2. The Kier molecular flexibility index (Phi) is 9.71. The maximum absolute atomic E-state index is 12.8. The molecule has 0 amide bonds. The molecule has 0 unspecified atom stereocenters. The Morgan fingerprint density at radius 3 is 1.85 bits per heavy atom. The SMILES string of the molecule is CC(C)(ON=C(C(=O)O)c1csc(NC(c2ccccc2)(c2ccccc2)c2ccccc2)n1)C(=O)OCc1ccc([N+](=O)[O-])cc1. The maximum Gasteiger partial charge on any atom is 0.360 e. The van der Waals surface area contributed by atoms with Gasteiger partial charge in [-0.1, -0.05) is 96.2 Å². The van der Waals surface area contributed by atoms with Crippen molar-refractivity contribution in [3.8, 4) is 0 Å². The number of carboxylic acids is 1. The average Bonchev–Trinajstić information content (AvgIpc) is 3.55. The molecule has 0 aliphatic carbocycles. The first-order valence-electron chi connectivity index (χ1n) is 14.4. The molecule has 1 aromatic heterocycles. The van der Waals surface area contributed by atoms with Crippen molar-refractivity contribution in [2.45, 2.75) is 31.6 Å². The van der Waals surface area contributed by atoms with Crippen molar-refractivity contribution >= 4 is 39.8 Å². The molecule has 2 N–H and O–H groups in total. The van der Waals surface area contributed by atoms with Gasteiger partial charge in [0.25, 0.3) is 5.69 Å². The van der Waals surface area contributed by atoms with Crippen molar-refractivity contribution in [1.82, 2.24) is 4.98 Å². The largest absolute Gasteiger partial charge is 0.476 e. The van der Waals surface area contributed by atoms with E-state index in [2.05, 4.69) is 15.5 Å². The third kappa shape index (κ3) is 7.34. The molecule has 0 radical (unpaired) electrons. The van der Waals surface area contributed by atoms with Gasteiger partial charge in [0, 0.05) is 17.5 Å². The second kappa shape index (κ2) is 14.0. The van der Waals surface area contributed by atoms with E-state index in [9.17, 15) is 24.8 Å². The summed E-state index contributed by atoms with van der Waals surface area (Å²) in [7, 11) is 0. The number of hydrogen-bond acceptors (Lipinski definition) is 10. The summed E-state index contributed by atoms with van der Waals surface area (Å²) >= 11 is 1.20. The van der Waals surface area contributed by atoms with Crippen LogP contribution in [0.15, 0.2) is 126 Å². The highest BCUT2D eigenvalue weighted by molar-refractivity contribution is 7.14. The van der Waals surface area contributed by atoms with Crippen LogP contribution in [-0.4, -0.2) is 38.3 Å². The molecule has 5 aromatic rings. The quantitative estimate of drug-likeness (QED) is 0.0461. The Labute approximate surface area is 274 Å². The van der Waals surface area contributed by atoms with Crippen LogP contribution in [-0.2, 0) is 31.3 Å². The monoisotopic (exact) mass is 650 g/mol. The molecule has 0 aliphatic heterocycles. The lowest BCUT2D eigenvalue weighted by Gasteiger charge is -2.36. The number of oxime groups is 1. The van der Waals surface area contributed by atoms with E-state index < -0.39 is 33.7 Å². The summed E-state index contributed by atoms with van der Waals surface area (Å²) < 4.78 is 5.30. The fraction of sp³-hybridized carbons (Fsp3) is 0.143. The van der Waals surface area contributed by atoms with Crippen LogP contribution >= 0.6 is 11.3 Å². The second-order valence-electron chi connectivity index (χ2n) is 10.9. The van der Waals surface area contributed by atoms with E-state index in [-0.39, 0.29) is 18.0 Å². The number of thiazole rings is 1. The van der Waals surface area contributed by atoms with Crippen LogP contribution in [0.3, 0.4) is 0 Å². The van der Waals surface area contributed by atoms with E-state index in [4.69, 9.17) is 9.57 Å². The molecular formula is C35H30N4O7S. The van der Waals surface area contributed by atoms with Crippen molar-refractivity contribution in [3.63, 3.8) is 0 Å². The minimum absolute atomic E-state index is 0.0307. The molecule has 0 fully saturated rings. The van der Waals surface area contributed by atoms with Gasteiger partial charge in [-0.15, -0.1) is 11.3 Å². The number of esters is 1. The summed E-state index contributed by atoms with van der Waals surface area (Å²) in [5, 5.41) is 30.3. The Morgan fingerprint density at radius 1 is 0.872 bits per heavy atom. The highest BCUT2D eigenvalue weighted by Gasteiger charge is 2.38. The normalized spacial score (nSPS) is 11.8. The van der Waals surface area contributed by atoms with Gasteiger partial charge in [-0.2, -0.15) is 0 Å². The number of non-ortho nitro benzene ring substituents is 1. The zero-order valence-corrected chi connectivity index (χ0v) is 26.2. The second-order valence-corrected chi connectivity index (χ2v) is 11.7. The number of carbonyl (C=O) groups excluding carboxylic acids is 1. The van der Waals surface area contributed by atoms with E-state index in [1.165, 1.54) is 49.4 Å². The van der Waals surface area contributed by atoms with E-state index in [1.54, 1.807) is 5.38 Å². The van der Waals surface area contributed by atoms with Crippen molar-refractivity contribution in [2.75, 3.05) is 5.32 Å². The van der Waals surface area contributed by atoms with Crippen molar-refractivity contribution in [1.29, 1.82) is 0 Å². The topological polar surface area (TPSA) is 153 Å². The highest BCUT2D eigenvalue weighted by Crippen LogP contribution is 2.40. The molecule has 0 saturated heterocycles. The van der Waals surface area contributed by atoms with E-state index >= 15 is 0 Å². The summed E-state index contributed by atoms with van der Waals surface area (Å²) in [6.07, 6.45) is 0. The minimum atomic E-state index is -1.67. The number of nitrogens with one attached hydrogen (secondary N) is 1. The third-order valence-corrected chi connectivity index (χ3v) is 8.00. The molecule has 12 heteroatoms. The summed E-state index contributed by atoms with van der Waals surface area (Å²) in [6.45, 7) is 2.60. The van der Waals surface area contributed by atoms with Crippen molar-refractivity contribution < 1.29 is 29.2 Å². The predicted octanol–water partition coefficient (Wildman–Crippen LogP) is 6.78. The number of nitro groups is 1. The molecule has 238 valence electrons. The van der Waals surface area contributed by atoms with Gasteiger partial charge in [0.15, 0.2) is 5.13 Å². The number of ether oxygens (including phenoxy) is 1. The summed E-state index contributed by atoms with van der Waals surface area (Å²) in [5.74, 6) is -2.22. The molecule has 5 rings (SSSR count). The first kappa shape index (κ1) is 32.5. The molecule has 47 heavy (non-hydrogen) atoms. The number of anilines is 1. The summed E-state index contributed by atoms with van der Waals surface area (Å²) in [5.41, 5.74) is 0.238. The molecular weight excluding hydrogens is 620 g/mol. The molecule has 0 aliphatic rings. The van der Waals surface area contributed by atoms with Crippen LogP contribution in [0.1, 0.15) is 41.8 Å². The predicted molar refractivity (Wildman–Crippen MR) is 177 cm³/mol. The van der Waals surface area contributed by atoms with E-state index in [1.807, 2.05) is 91.0 Å². The van der Waals surface area contributed by atoms with Crippen LogP contribution in [0.25, 0.3) is 0 Å². The summed E-state index contributed by atoms with van der Waals surface area (Å²) in [4.78, 5) is 45.4. The number of benzene rings is 4. The number of carboxylic acid groups (broad SMARTS) is 1. The first-order chi connectivity index (χ1) is 22.6. The van der Waals surface area contributed by atoms with Crippen LogP contribution < -0.4 is 5.32 Å². The van der Waals surface area contributed by atoms with Gasteiger partial charge >= 0.3 is 11.9 Å². The summed E-state index contributed by atoms with van der Waals surface area (Å²) in [6, 6.07) is 35.2. The number of nitrogens with zero attached hydrogens (tertiary/aromatic N) is 3. The number of aliphatic carboxylic acids is 1. The molecule has 0 saturated carbocycles. The number of rotatable bonds is 13. The van der Waals surface area contributed by atoms with Gasteiger partial charge in [-0.25, -0.2) is 14.6 Å². The Balaban J connectivity index is 1.40. The zero-order chi connectivity index (χ0) is 33.4. The average molecular weight is 651 g/mol. The highest BCUT2D eigenvalue weighted by atomic mass is 32.1. The number of hydrogen-bond donors (Lipinski definition) is 2. The van der Waals surface area contributed by atoms with Crippen molar-refractivity contribution in [3.05, 3.63) is 159 Å². The zero-order valence-electron chi connectivity index (χ0n) is 25.4. The Bertz CT molecular complexity index is 1780. The first-order valence-corrected chi connectivity index (χ1v) is 15.3. The molecule has 4 aromatic carbocycles. The Morgan fingerprint density at radius 2 is 1.38 bits per heavy atom. The standard InChI is InChI=1S/C35H30N4O7S/c1-34(2,32(42)45-22-24-18-20-28(21-19-24)39(43)44)46-38-30(31(40)41)29-23-47-33(36-29)37-35(25-12-6-3-7-13-25,26-14-8-4-9-15-26)27-16-10-5-11-17-27/h3-21,23H,22H2,1-2H3,(H,36,37)(H,40,41). The van der Waals surface area contributed by atoms with Crippen LogP contribution in [0.2, 0.25) is 0 Å². The molecule has 1 heterocycles. The van der Waals surface area contributed by atoms with Gasteiger partial charge in [0.05, 0.1) is 4.92 Å². The fourth-order valence-electron chi connectivity index (χ4n) is 4.81. The lowest BCUT2D eigenvalue weighted by atomic mass is 9.77. The van der Waals surface area contributed by atoms with Crippen LogP contribution in [0.4, 0.5) is 10.8 Å². The van der Waals surface area contributed by atoms with Gasteiger partial charge in [-0.05, 0) is 48.2 Å². The van der Waals surface area contributed by atoms with E-state index in [0.29, 0.717) is 10.7 Å². The number of aromatic nitrogens is 1. The third-order valence-electron chi connectivity index (χ3n) is 7.24. The lowest BCUT2D eigenvalue weighted by Crippen LogP contribution is -2.38. The van der Waals surface area contributed by atoms with Gasteiger partial charge < -0.3 is 20.0 Å². The molecule has 0 atom stereocenters. The molecule has 11 nitrogen and oxygen atoms in total. The maximum atomic E-state index is 12.8. The van der Waals surface area contributed by atoms with Crippen LogP contribution in [0, 0.1) is 10.1 Å². The van der Waals surface area contributed by atoms with Gasteiger partial charge in [-0.3, -0.25) is 10.1 Å². The molecule has 0 bridgehead atoms. The molecule has 0 spiro atoms. The Hall–Kier alpha value is -5.88. The van der Waals surface area contributed by atoms with Gasteiger partial charge in [0.2, 0.25) is 11.3 Å². The van der Waals surface area contributed by atoms with Gasteiger partial charge in [0.1, 0.15) is 17.8 Å². The minimum Gasteiger partial charge on any atom is -0.476 e.